The largest absolute Gasteiger partial charge is 0.0843 e. The predicted octanol–water partition coefficient (Wildman–Crippen LogP) is 4.64. The molecular weight excluding hydrogens is 191 g/mol. The van der Waals surface area contributed by atoms with Crippen LogP contribution in [0.1, 0.15) is 25.0 Å². The third-order valence-corrected chi connectivity index (χ3v) is 2.18. The molecule has 0 N–H and O–H groups in total. The fraction of sp³-hybridized carbons (Fsp3) is 0.400. The molecule has 0 fully saturated rings. The molecule has 0 saturated heterocycles. The molecule has 2 heteroatoms. The molecule has 0 radical (unpaired) electrons. The number of hydrogen-bond donors (Lipinski definition) is 0. The Morgan fingerprint density at radius 2 is 1.50 bits per heavy atom. The highest BCUT2D eigenvalue weighted by Crippen LogP contribution is 2.23. The number of aryl methyl sites for hydroxylation is 1. The molecule has 0 aliphatic rings. The van der Waals surface area contributed by atoms with Gasteiger partial charge in [-0.15, -0.1) is 0 Å². The van der Waals surface area contributed by atoms with Gasteiger partial charge in [-0.1, -0.05) is 37.0 Å². The van der Waals surface area contributed by atoms with Crippen LogP contribution < -0.4 is 0 Å². The molecular formula is C10H14Cl2. The van der Waals surface area contributed by atoms with E-state index in [0.717, 1.165) is 16.1 Å². The fourth-order valence-corrected chi connectivity index (χ4v) is 1.37. The van der Waals surface area contributed by atoms with Crippen LogP contribution in [0, 0.1) is 13.8 Å². The van der Waals surface area contributed by atoms with Crippen molar-refractivity contribution in [3.63, 3.8) is 0 Å². The van der Waals surface area contributed by atoms with Crippen LogP contribution in [0.3, 0.4) is 0 Å². The lowest BCUT2D eigenvalue weighted by Crippen LogP contribution is -1.80. The van der Waals surface area contributed by atoms with Crippen molar-refractivity contribution >= 4 is 23.2 Å². The summed E-state index contributed by atoms with van der Waals surface area (Å²) in [6.45, 7) is 7.97. The van der Waals surface area contributed by atoms with Gasteiger partial charge in [0.1, 0.15) is 0 Å². The average molecular weight is 205 g/mol. The molecule has 0 aromatic heterocycles. The van der Waals surface area contributed by atoms with E-state index in [2.05, 4.69) is 0 Å². The maximum atomic E-state index is 5.83. The Balaban J connectivity index is 0.000000561. The van der Waals surface area contributed by atoms with Crippen molar-refractivity contribution in [1.82, 2.24) is 0 Å². The third kappa shape index (κ3) is 3.04. The number of hydrogen-bond acceptors (Lipinski definition) is 0. The number of benzene rings is 1. The monoisotopic (exact) mass is 204 g/mol. The normalized spacial score (nSPS) is 8.83. The first-order valence-corrected chi connectivity index (χ1v) is 4.79. The lowest BCUT2D eigenvalue weighted by atomic mass is 10.1. The maximum absolute atomic E-state index is 5.83. The van der Waals surface area contributed by atoms with E-state index in [1.54, 1.807) is 6.07 Å². The smallest absolute Gasteiger partial charge is 0.0452 e. The van der Waals surface area contributed by atoms with Crippen LogP contribution in [0.2, 0.25) is 10.0 Å². The van der Waals surface area contributed by atoms with Crippen LogP contribution in [0.15, 0.2) is 12.1 Å². The van der Waals surface area contributed by atoms with E-state index in [0.29, 0.717) is 5.02 Å². The van der Waals surface area contributed by atoms with E-state index in [-0.39, 0.29) is 0 Å². The zero-order chi connectivity index (χ0) is 9.72. The molecule has 0 aliphatic carbocycles. The van der Waals surface area contributed by atoms with Gasteiger partial charge >= 0.3 is 0 Å². The molecule has 68 valence electrons. The fourth-order valence-electron chi connectivity index (χ4n) is 0.774. The van der Waals surface area contributed by atoms with Crippen molar-refractivity contribution in [2.45, 2.75) is 27.7 Å². The van der Waals surface area contributed by atoms with Gasteiger partial charge in [-0.3, -0.25) is 0 Å². The van der Waals surface area contributed by atoms with Gasteiger partial charge in [-0.2, -0.15) is 0 Å². The summed E-state index contributed by atoms with van der Waals surface area (Å²) in [5.74, 6) is 0. The van der Waals surface area contributed by atoms with Crippen molar-refractivity contribution in [3.8, 4) is 0 Å². The van der Waals surface area contributed by atoms with Gasteiger partial charge in [-0.25, -0.2) is 0 Å². The minimum Gasteiger partial charge on any atom is -0.0843 e. The second-order valence-electron chi connectivity index (χ2n) is 2.33. The Bertz CT molecular complexity index is 231. The molecule has 0 heterocycles. The first-order valence-electron chi connectivity index (χ1n) is 4.03. The van der Waals surface area contributed by atoms with Crippen molar-refractivity contribution in [2.75, 3.05) is 0 Å². The summed E-state index contributed by atoms with van der Waals surface area (Å²) in [6, 6.07) is 3.66. The summed E-state index contributed by atoms with van der Waals surface area (Å²) in [5, 5.41) is 1.44. The van der Waals surface area contributed by atoms with E-state index < -0.39 is 0 Å². The molecule has 1 rings (SSSR count). The Morgan fingerprint density at radius 3 is 1.92 bits per heavy atom. The molecule has 1 aromatic carbocycles. The highest BCUT2D eigenvalue weighted by molar-refractivity contribution is 6.35. The van der Waals surface area contributed by atoms with Gasteiger partial charge < -0.3 is 0 Å². The van der Waals surface area contributed by atoms with Gasteiger partial charge in [0.05, 0.1) is 0 Å². The summed E-state index contributed by atoms with van der Waals surface area (Å²) in [7, 11) is 0. The summed E-state index contributed by atoms with van der Waals surface area (Å²) in [6.07, 6.45) is 0. The van der Waals surface area contributed by atoms with Crippen LogP contribution >= 0.6 is 23.2 Å². The molecule has 0 bridgehead atoms. The number of halogens is 2. The quantitative estimate of drug-likeness (QED) is 0.578. The lowest BCUT2D eigenvalue weighted by Gasteiger charge is -2.01. The first kappa shape index (κ1) is 11.8. The molecule has 0 nitrogen and oxygen atoms in total. The second-order valence-corrected chi connectivity index (χ2v) is 3.17. The molecule has 0 aliphatic heterocycles. The standard InChI is InChI=1S/C8H8Cl2.C2H6/c1-5-3-7(9)4-8(10)6(5)2;1-2/h3-4H,1-2H3;1-2H3. The van der Waals surface area contributed by atoms with Crippen molar-refractivity contribution < 1.29 is 0 Å². The van der Waals surface area contributed by atoms with E-state index in [4.69, 9.17) is 23.2 Å². The van der Waals surface area contributed by atoms with E-state index in [1.807, 2.05) is 33.8 Å². The van der Waals surface area contributed by atoms with Crippen LogP contribution in [0.5, 0.6) is 0 Å². The van der Waals surface area contributed by atoms with E-state index in [1.165, 1.54) is 0 Å². The molecule has 0 unspecified atom stereocenters. The van der Waals surface area contributed by atoms with Crippen molar-refractivity contribution in [1.29, 1.82) is 0 Å². The Hall–Kier alpha value is -0.200. The summed E-state index contributed by atoms with van der Waals surface area (Å²) in [4.78, 5) is 0. The minimum atomic E-state index is 0.702. The highest BCUT2D eigenvalue weighted by Gasteiger charge is 1.99. The average Bonchev–Trinajstić information content (AvgIpc) is 2.04. The van der Waals surface area contributed by atoms with Crippen LogP contribution in [-0.2, 0) is 0 Å². The molecule has 0 spiro atoms. The van der Waals surface area contributed by atoms with Gasteiger partial charge in [-0.05, 0) is 37.1 Å². The van der Waals surface area contributed by atoms with Gasteiger partial charge in [0.25, 0.3) is 0 Å². The third-order valence-electron chi connectivity index (χ3n) is 1.57. The first-order chi connectivity index (χ1) is 5.61. The minimum absolute atomic E-state index is 0.702. The topological polar surface area (TPSA) is 0 Å². The Kier molecular flexibility index (Phi) is 5.36. The van der Waals surface area contributed by atoms with E-state index >= 15 is 0 Å². The summed E-state index contributed by atoms with van der Waals surface area (Å²) >= 11 is 11.6. The lowest BCUT2D eigenvalue weighted by molar-refractivity contribution is 1.34. The highest BCUT2D eigenvalue weighted by atomic mass is 35.5. The van der Waals surface area contributed by atoms with Crippen molar-refractivity contribution in [2.24, 2.45) is 0 Å². The van der Waals surface area contributed by atoms with Crippen LogP contribution in [0.25, 0.3) is 0 Å². The Labute approximate surface area is 84.5 Å². The molecule has 1 aromatic rings. The van der Waals surface area contributed by atoms with Gasteiger partial charge in [0, 0.05) is 10.0 Å². The number of rotatable bonds is 0. The van der Waals surface area contributed by atoms with Crippen molar-refractivity contribution in [3.05, 3.63) is 33.3 Å². The zero-order valence-corrected chi connectivity index (χ0v) is 9.42. The van der Waals surface area contributed by atoms with Crippen LogP contribution in [0.4, 0.5) is 0 Å². The summed E-state index contributed by atoms with van der Waals surface area (Å²) in [5.41, 5.74) is 2.24. The second kappa shape index (κ2) is 5.45. The van der Waals surface area contributed by atoms with Crippen LogP contribution in [-0.4, -0.2) is 0 Å². The molecule has 0 atom stereocenters. The molecule has 12 heavy (non-hydrogen) atoms. The predicted molar refractivity (Wildman–Crippen MR) is 57.3 cm³/mol. The van der Waals surface area contributed by atoms with E-state index in [9.17, 15) is 0 Å². The molecule has 0 saturated carbocycles. The maximum Gasteiger partial charge on any atom is 0.0452 e. The zero-order valence-electron chi connectivity index (χ0n) is 7.91. The Morgan fingerprint density at radius 1 is 1.00 bits per heavy atom. The molecule has 0 amide bonds. The summed E-state index contributed by atoms with van der Waals surface area (Å²) < 4.78 is 0. The van der Waals surface area contributed by atoms with Gasteiger partial charge in [0.15, 0.2) is 0 Å². The van der Waals surface area contributed by atoms with Gasteiger partial charge in [0.2, 0.25) is 0 Å². The SMILES string of the molecule is CC.Cc1cc(Cl)cc(Cl)c1C.